The molecule has 0 aromatic carbocycles. The highest BCUT2D eigenvalue weighted by atomic mass is 14.4. The molecule has 0 aliphatic carbocycles. The quantitative estimate of drug-likeness (QED) is 0.487. The van der Waals surface area contributed by atoms with Crippen LogP contribution in [-0.2, 0) is 0 Å². The van der Waals surface area contributed by atoms with Crippen molar-refractivity contribution in [2.24, 2.45) is 5.73 Å². The van der Waals surface area contributed by atoms with E-state index in [1.807, 2.05) is 27.7 Å². The fourth-order valence-electron chi connectivity index (χ4n) is 0. The third kappa shape index (κ3) is 1400. The van der Waals surface area contributed by atoms with E-state index in [1.54, 1.807) is 0 Å². The van der Waals surface area contributed by atoms with E-state index in [0.29, 0.717) is 0 Å². The van der Waals surface area contributed by atoms with Crippen molar-refractivity contribution in [1.82, 2.24) is 0 Å². The van der Waals surface area contributed by atoms with Crippen LogP contribution in [0, 0.1) is 0 Å². The van der Waals surface area contributed by atoms with Crippen molar-refractivity contribution in [2.75, 3.05) is 7.05 Å². The van der Waals surface area contributed by atoms with E-state index >= 15 is 0 Å². The summed E-state index contributed by atoms with van der Waals surface area (Å²) in [6, 6.07) is 0. The van der Waals surface area contributed by atoms with Crippen molar-refractivity contribution in [1.29, 1.82) is 0 Å². The monoisotopic (exact) mass is 119 g/mol. The van der Waals surface area contributed by atoms with Crippen LogP contribution in [0.2, 0.25) is 0 Å². The standard InChI is InChI=1S/2C2H6.C2H4.CH5N/c4*1-2/h2*1-2H3;1-2H2;2H2,1H3. The van der Waals surface area contributed by atoms with Gasteiger partial charge in [-0.05, 0) is 7.05 Å². The van der Waals surface area contributed by atoms with Crippen LogP contribution >= 0.6 is 0 Å². The smallest absolute Gasteiger partial charge is 0.0195 e. The highest BCUT2D eigenvalue weighted by Gasteiger charge is 0.934. The molecule has 2 N–H and O–H groups in total. The number of rotatable bonds is 0. The van der Waals surface area contributed by atoms with Gasteiger partial charge in [0.05, 0.1) is 0 Å². The third-order valence-corrected chi connectivity index (χ3v) is 0. The van der Waals surface area contributed by atoms with Gasteiger partial charge in [0.15, 0.2) is 0 Å². The van der Waals surface area contributed by atoms with Gasteiger partial charge >= 0.3 is 0 Å². The highest BCUT2D eigenvalue weighted by Crippen LogP contribution is 1.15. The van der Waals surface area contributed by atoms with E-state index in [2.05, 4.69) is 18.9 Å². The van der Waals surface area contributed by atoms with Crippen molar-refractivity contribution in [3.05, 3.63) is 13.2 Å². The highest BCUT2D eigenvalue weighted by molar-refractivity contribution is 4.22. The lowest BCUT2D eigenvalue weighted by Gasteiger charge is -1.19. The summed E-state index contributed by atoms with van der Waals surface area (Å²) in [4.78, 5) is 0. The van der Waals surface area contributed by atoms with Crippen LogP contribution in [0.5, 0.6) is 0 Å². The van der Waals surface area contributed by atoms with Crippen LogP contribution in [0.4, 0.5) is 0 Å². The zero-order valence-electron chi connectivity index (χ0n) is 6.99. The predicted molar refractivity (Wildman–Crippen MR) is 44.1 cm³/mol. The van der Waals surface area contributed by atoms with Gasteiger partial charge in [0.2, 0.25) is 0 Å². The van der Waals surface area contributed by atoms with Gasteiger partial charge in [0, 0.05) is 0 Å². The van der Waals surface area contributed by atoms with Gasteiger partial charge in [-0.3, -0.25) is 0 Å². The first-order valence-corrected chi connectivity index (χ1v) is 3.08. The minimum atomic E-state index is 1.50. The Morgan fingerprint density at radius 2 is 0.750 bits per heavy atom. The van der Waals surface area contributed by atoms with Gasteiger partial charge in [0.25, 0.3) is 0 Å². The molecule has 8 heavy (non-hydrogen) atoms. The zero-order chi connectivity index (χ0) is 8.00. The molecule has 0 bridgehead atoms. The molecule has 0 aromatic heterocycles. The summed E-state index contributed by atoms with van der Waals surface area (Å²) >= 11 is 0. The molecule has 0 amide bonds. The lowest BCUT2D eigenvalue weighted by Crippen LogP contribution is -1.69. The second-order valence-electron chi connectivity index (χ2n) is 0. The van der Waals surface area contributed by atoms with Gasteiger partial charge in [-0.25, -0.2) is 0 Å². The maximum Gasteiger partial charge on any atom is -0.0195 e. The SMILES string of the molecule is C=C.CC.CC.CN. The fraction of sp³-hybridized carbons (Fsp3) is 0.714. The largest absolute Gasteiger partial charge is 0.333 e. The average Bonchev–Trinajstić information content (AvgIpc) is 2.03. The normalized spacial score (nSPS) is 2.75. The Morgan fingerprint density at radius 1 is 0.750 bits per heavy atom. The summed E-state index contributed by atoms with van der Waals surface area (Å²) in [6.45, 7) is 14.0. The summed E-state index contributed by atoms with van der Waals surface area (Å²) in [5.41, 5.74) is 4.50. The molecule has 0 saturated heterocycles. The molecule has 0 aliphatic rings. The van der Waals surface area contributed by atoms with Gasteiger partial charge < -0.3 is 5.73 Å². The third-order valence-electron chi connectivity index (χ3n) is 0. The van der Waals surface area contributed by atoms with Crippen LogP contribution in [0.15, 0.2) is 13.2 Å². The Hall–Kier alpha value is -0.300. The maximum absolute atomic E-state index is 4.50. The van der Waals surface area contributed by atoms with E-state index in [1.165, 1.54) is 7.05 Å². The van der Waals surface area contributed by atoms with E-state index in [9.17, 15) is 0 Å². The first-order chi connectivity index (χ1) is 4.00. The minimum absolute atomic E-state index is 1.50. The molecule has 0 fully saturated rings. The molecule has 0 aliphatic heterocycles. The molecule has 0 rings (SSSR count). The number of hydrogen-bond acceptors (Lipinski definition) is 1. The van der Waals surface area contributed by atoms with E-state index < -0.39 is 0 Å². The Balaban J connectivity index is -0.0000000133. The van der Waals surface area contributed by atoms with E-state index in [0.717, 1.165) is 0 Å². The van der Waals surface area contributed by atoms with Crippen molar-refractivity contribution in [3.8, 4) is 0 Å². The molecule has 0 heterocycles. The molecular formula is C7H21N. The molecule has 1 heteroatoms. The Kier molecular flexibility index (Phi) is 7630. The Labute approximate surface area is 54.6 Å². The van der Waals surface area contributed by atoms with Gasteiger partial charge in [-0.1, -0.05) is 27.7 Å². The summed E-state index contributed by atoms with van der Waals surface area (Å²) < 4.78 is 0. The van der Waals surface area contributed by atoms with Crippen LogP contribution in [0.1, 0.15) is 27.7 Å². The summed E-state index contributed by atoms with van der Waals surface area (Å²) in [5.74, 6) is 0. The van der Waals surface area contributed by atoms with Crippen molar-refractivity contribution in [3.63, 3.8) is 0 Å². The lowest BCUT2D eigenvalue weighted by molar-refractivity contribution is 1.48. The topological polar surface area (TPSA) is 26.0 Å². The summed E-state index contributed by atoms with van der Waals surface area (Å²) in [7, 11) is 1.50. The van der Waals surface area contributed by atoms with Gasteiger partial charge in [-0.15, -0.1) is 13.2 Å². The van der Waals surface area contributed by atoms with Crippen LogP contribution < -0.4 is 5.73 Å². The number of nitrogens with two attached hydrogens (primary N) is 1. The maximum atomic E-state index is 4.50. The summed E-state index contributed by atoms with van der Waals surface area (Å²) in [6.07, 6.45) is 0. The molecule has 0 saturated carbocycles. The second-order valence-corrected chi connectivity index (χ2v) is 0. The fourth-order valence-corrected chi connectivity index (χ4v) is 0. The number of hydrogen-bond donors (Lipinski definition) is 1. The summed E-state index contributed by atoms with van der Waals surface area (Å²) in [5, 5.41) is 0. The van der Waals surface area contributed by atoms with Gasteiger partial charge in [0.1, 0.15) is 0 Å². The molecule has 1 nitrogen and oxygen atoms in total. The van der Waals surface area contributed by atoms with Crippen LogP contribution in [0.3, 0.4) is 0 Å². The first-order valence-electron chi connectivity index (χ1n) is 3.08. The zero-order valence-corrected chi connectivity index (χ0v) is 6.99. The van der Waals surface area contributed by atoms with Gasteiger partial charge in [-0.2, -0.15) is 0 Å². The molecule has 0 atom stereocenters. The second kappa shape index (κ2) is 2420. The molecule has 0 aromatic rings. The molecule has 54 valence electrons. The Morgan fingerprint density at radius 3 is 0.750 bits per heavy atom. The van der Waals surface area contributed by atoms with Crippen molar-refractivity contribution >= 4 is 0 Å². The predicted octanol–water partition coefficient (Wildman–Crippen LogP) is 2.43. The average molecular weight is 119 g/mol. The van der Waals surface area contributed by atoms with E-state index in [4.69, 9.17) is 0 Å². The molecule has 0 radical (unpaired) electrons. The van der Waals surface area contributed by atoms with Crippen molar-refractivity contribution < 1.29 is 0 Å². The van der Waals surface area contributed by atoms with Crippen LogP contribution in [0.25, 0.3) is 0 Å². The first kappa shape index (κ1) is 25.2. The molecule has 0 spiro atoms. The molecule has 0 unspecified atom stereocenters. The van der Waals surface area contributed by atoms with E-state index in [-0.39, 0.29) is 0 Å². The van der Waals surface area contributed by atoms with Crippen molar-refractivity contribution in [2.45, 2.75) is 27.7 Å². The minimum Gasteiger partial charge on any atom is -0.333 e. The molecular weight excluding hydrogens is 98.1 g/mol. The Bertz CT molecular complexity index is 4.35. The lowest BCUT2D eigenvalue weighted by atomic mass is 11.0. The van der Waals surface area contributed by atoms with Crippen LogP contribution in [-0.4, -0.2) is 7.05 Å².